The van der Waals surface area contributed by atoms with Crippen molar-refractivity contribution in [3.63, 3.8) is 0 Å². The third kappa shape index (κ3) is 12.8. The van der Waals surface area contributed by atoms with E-state index in [0.29, 0.717) is 56.1 Å². The lowest BCUT2D eigenvalue weighted by atomic mass is 9.97. The lowest BCUT2D eigenvalue weighted by Gasteiger charge is -2.39. The zero-order valence-electron chi connectivity index (χ0n) is 43.1. The first-order valence-electron chi connectivity index (χ1n) is 22.7. The molecule has 0 saturated heterocycles. The minimum absolute atomic E-state index is 0.0614. The number of hydrogen-bond donors (Lipinski definition) is 3. The fraction of sp³-hybridized carbons (Fsp3) is 0.510. The molecule has 0 fully saturated rings. The first-order chi connectivity index (χ1) is 32.2. The van der Waals surface area contributed by atoms with E-state index < -0.39 is 42.1 Å². The Balaban J connectivity index is 0.000000263. The van der Waals surface area contributed by atoms with Crippen LogP contribution in [-0.2, 0) is 44.0 Å². The molecule has 5 heterocycles. The van der Waals surface area contributed by atoms with Crippen LogP contribution in [0.5, 0.6) is 0 Å². The minimum Gasteiger partial charge on any atom is -0.443 e. The van der Waals surface area contributed by atoms with Gasteiger partial charge in [0, 0.05) is 24.8 Å². The Morgan fingerprint density at radius 2 is 1.27 bits per heavy atom. The molecule has 0 saturated carbocycles. The Bertz CT molecular complexity index is 3000. The average Bonchev–Trinajstić information content (AvgIpc) is 3.93. The van der Waals surface area contributed by atoms with Crippen LogP contribution in [-0.4, -0.2) is 100 Å². The average molecular weight is 1050 g/mol. The number of aryl methyl sites for hydroxylation is 1. The Morgan fingerprint density at radius 1 is 0.771 bits per heavy atom. The van der Waals surface area contributed by atoms with Gasteiger partial charge >= 0.3 is 11.9 Å². The fourth-order valence-electron chi connectivity index (χ4n) is 6.33. The summed E-state index contributed by atoms with van der Waals surface area (Å²) < 4.78 is 22.5. The maximum absolute atomic E-state index is 13.3. The van der Waals surface area contributed by atoms with Gasteiger partial charge in [-0.15, -0.1) is 0 Å². The van der Waals surface area contributed by atoms with Crippen molar-refractivity contribution in [3.8, 4) is 17.5 Å². The van der Waals surface area contributed by atoms with Crippen molar-refractivity contribution < 1.29 is 38.2 Å². The van der Waals surface area contributed by atoms with Crippen LogP contribution in [0.3, 0.4) is 0 Å². The lowest BCUT2D eigenvalue weighted by Crippen LogP contribution is -2.51. The standard InChI is InChI=1S/C26H29N7O4.C23H37BrN4O4Si/c1-25(2,3)24(36)37-14-33-12-17(23(35)30-26(4,5)13-34)21-22(33)28-11-18(29-21)20-16-8-7-15(10-27)9-19(16)32(6)31-20;1-21(2,3)20(30)31-14-28-12-15(17-18(28)25-11-16(24)26-17)19(29)27-23(7,8)13-32-33(9,10)22(4,5)6/h7-9,11-12,34H,13-14H2,1-6H3,(H,30,35);11-12H,13-14H2,1-10H3,(H,27,29). The number of halogens is 1. The van der Waals surface area contributed by atoms with Gasteiger partial charge in [-0.25, -0.2) is 19.9 Å². The van der Waals surface area contributed by atoms with Gasteiger partial charge < -0.3 is 29.6 Å². The number of aliphatic hydroxyl groups is 1. The number of nitrogens with zero attached hydrogens (tertiary/aromatic N) is 9. The number of carbonyl (C=O) groups excluding carboxylic acids is 4. The molecule has 0 radical (unpaired) electrons. The zero-order chi connectivity index (χ0) is 52.5. The van der Waals surface area contributed by atoms with E-state index in [1.165, 1.54) is 6.20 Å². The van der Waals surface area contributed by atoms with Crippen LogP contribution < -0.4 is 10.6 Å². The number of amides is 2. The van der Waals surface area contributed by atoms with Crippen molar-refractivity contribution in [2.24, 2.45) is 17.9 Å². The number of aliphatic hydroxyl groups excluding tert-OH is 1. The van der Waals surface area contributed by atoms with E-state index in [1.807, 2.05) is 13.8 Å². The lowest BCUT2D eigenvalue weighted by molar-refractivity contribution is -0.157. The number of hydrogen-bond acceptors (Lipinski definition) is 14. The largest absolute Gasteiger partial charge is 0.443 e. The molecular formula is C49H66BrN11O8Si. The number of rotatable bonds is 13. The van der Waals surface area contributed by atoms with Gasteiger partial charge in [-0.1, -0.05) is 20.8 Å². The molecule has 19 nitrogen and oxygen atoms in total. The van der Waals surface area contributed by atoms with Crippen LogP contribution in [0.15, 0.2) is 47.6 Å². The summed E-state index contributed by atoms with van der Waals surface area (Å²) in [5.74, 6) is -1.49. The molecule has 0 bridgehead atoms. The summed E-state index contributed by atoms with van der Waals surface area (Å²) in [6.45, 7) is 28.7. The van der Waals surface area contributed by atoms with Crippen LogP contribution >= 0.6 is 15.9 Å². The number of aromatic nitrogens is 8. The number of fused-ring (bicyclic) bond motifs is 3. The second-order valence-electron chi connectivity index (χ2n) is 22.1. The van der Waals surface area contributed by atoms with Crippen LogP contribution in [0.25, 0.3) is 44.6 Å². The Hall–Kier alpha value is -6.08. The van der Waals surface area contributed by atoms with Gasteiger partial charge in [0.05, 0.1) is 75.8 Å². The predicted octanol–water partition coefficient (Wildman–Crippen LogP) is 8.17. The normalized spacial score (nSPS) is 12.6. The van der Waals surface area contributed by atoms with Gasteiger partial charge in [-0.2, -0.15) is 10.4 Å². The quantitative estimate of drug-likeness (QED) is 0.0730. The summed E-state index contributed by atoms with van der Waals surface area (Å²) in [4.78, 5) is 69.1. The highest BCUT2D eigenvalue weighted by atomic mass is 79.9. The van der Waals surface area contributed by atoms with E-state index in [-0.39, 0.29) is 42.5 Å². The van der Waals surface area contributed by atoms with Crippen molar-refractivity contribution in [1.82, 2.24) is 49.5 Å². The maximum Gasteiger partial charge on any atom is 0.312 e. The van der Waals surface area contributed by atoms with E-state index in [4.69, 9.17) is 18.9 Å². The first kappa shape index (κ1) is 54.9. The van der Waals surface area contributed by atoms with Crippen molar-refractivity contribution in [2.75, 3.05) is 13.2 Å². The fourth-order valence-corrected chi connectivity index (χ4v) is 7.77. The van der Waals surface area contributed by atoms with Gasteiger partial charge in [-0.05, 0) is 121 Å². The number of carbonyl (C=O) groups is 4. The molecule has 5 aromatic heterocycles. The predicted molar refractivity (Wildman–Crippen MR) is 272 cm³/mol. The van der Waals surface area contributed by atoms with Crippen molar-refractivity contribution >= 4 is 81.2 Å². The van der Waals surface area contributed by atoms with Gasteiger partial charge in [0.1, 0.15) is 27.0 Å². The first-order valence-corrected chi connectivity index (χ1v) is 26.4. The molecule has 0 aliphatic rings. The van der Waals surface area contributed by atoms with Crippen molar-refractivity contribution in [1.29, 1.82) is 5.26 Å². The summed E-state index contributed by atoms with van der Waals surface area (Å²) in [5, 5.41) is 30.2. The Morgan fingerprint density at radius 3 is 1.76 bits per heavy atom. The molecule has 3 N–H and O–H groups in total. The number of ether oxygens (including phenoxy) is 2. The summed E-state index contributed by atoms with van der Waals surface area (Å²) in [6.07, 6.45) is 6.24. The summed E-state index contributed by atoms with van der Waals surface area (Å²) in [7, 11) is -0.189. The number of benzene rings is 1. The summed E-state index contributed by atoms with van der Waals surface area (Å²) in [5.41, 5.74) is 1.54. The molecule has 0 spiro atoms. The number of nitriles is 1. The molecule has 376 valence electrons. The van der Waals surface area contributed by atoms with Crippen LogP contribution in [0.1, 0.15) is 116 Å². The van der Waals surface area contributed by atoms with Crippen molar-refractivity contribution in [2.45, 2.75) is 133 Å². The molecule has 6 aromatic rings. The van der Waals surface area contributed by atoms with Crippen LogP contribution in [0.4, 0.5) is 0 Å². The smallest absolute Gasteiger partial charge is 0.312 e. The maximum atomic E-state index is 13.3. The second kappa shape index (κ2) is 20.3. The Kier molecular flexibility index (Phi) is 15.9. The van der Waals surface area contributed by atoms with E-state index >= 15 is 0 Å². The van der Waals surface area contributed by atoms with E-state index in [9.17, 15) is 29.5 Å². The van der Waals surface area contributed by atoms with Gasteiger partial charge in [-0.3, -0.25) is 33.0 Å². The van der Waals surface area contributed by atoms with Gasteiger partial charge in [0.2, 0.25) is 0 Å². The minimum atomic E-state index is -1.96. The molecule has 2 amide bonds. The molecule has 0 aliphatic heterocycles. The molecule has 0 unspecified atom stereocenters. The molecule has 70 heavy (non-hydrogen) atoms. The van der Waals surface area contributed by atoms with E-state index in [0.717, 1.165) is 10.9 Å². The third-order valence-electron chi connectivity index (χ3n) is 11.6. The van der Waals surface area contributed by atoms with E-state index in [2.05, 4.69) is 86.5 Å². The number of nitrogens with one attached hydrogen (secondary N) is 2. The Labute approximate surface area is 418 Å². The SMILES string of the molecule is CC(C)(CO[Si](C)(C)C(C)(C)C)NC(=O)c1cn(COC(=O)C(C)(C)C)c2ncc(Br)nc12.Cn1nc(-c2cnc3c(n2)c(C(=O)NC(C)(C)CO)cn3COC(=O)C(C)(C)C)c2ccc(C#N)cc21. The van der Waals surface area contributed by atoms with E-state index in [1.54, 1.807) is 113 Å². The molecule has 0 atom stereocenters. The molecule has 0 aliphatic carbocycles. The monoisotopic (exact) mass is 1040 g/mol. The summed E-state index contributed by atoms with van der Waals surface area (Å²) >= 11 is 3.32. The highest BCUT2D eigenvalue weighted by Gasteiger charge is 2.39. The van der Waals surface area contributed by atoms with Crippen LogP contribution in [0, 0.1) is 22.2 Å². The topological polar surface area (TPSA) is 243 Å². The van der Waals surface area contributed by atoms with Gasteiger partial charge in [0.15, 0.2) is 33.1 Å². The van der Waals surface area contributed by atoms with Gasteiger partial charge in [0.25, 0.3) is 11.8 Å². The summed E-state index contributed by atoms with van der Waals surface area (Å²) in [6, 6.07) is 7.37. The number of esters is 2. The zero-order valence-corrected chi connectivity index (χ0v) is 45.7. The second-order valence-corrected chi connectivity index (χ2v) is 27.8. The molecule has 21 heteroatoms. The highest BCUT2D eigenvalue weighted by molar-refractivity contribution is 9.10. The highest BCUT2D eigenvalue weighted by Crippen LogP contribution is 2.37. The molecular weight excluding hydrogens is 979 g/mol. The van der Waals surface area contributed by atoms with Crippen molar-refractivity contribution in [3.05, 3.63) is 64.3 Å². The molecule has 6 rings (SSSR count). The third-order valence-corrected chi connectivity index (χ3v) is 16.5. The van der Waals surface area contributed by atoms with Crippen LogP contribution in [0.2, 0.25) is 18.1 Å². The molecule has 1 aromatic carbocycles.